The molecule has 2 fully saturated rings. The van der Waals surface area contributed by atoms with Crippen molar-refractivity contribution in [1.82, 2.24) is 0 Å². The fraction of sp³-hybridized carbons (Fsp3) is 1.00. The Hall–Kier alpha value is 0.0649. The van der Waals surface area contributed by atoms with Gasteiger partial charge in [-0.3, -0.25) is 0 Å². The van der Waals surface area contributed by atoms with Gasteiger partial charge in [-0.2, -0.15) is 0 Å². The molecule has 2 rings (SSSR count). The molecular weight excluding hydrogens is 203 g/mol. The first-order valence-electron chi connectivity index (χ1n) is 7.23. The maximum absolute atomic E-state index is 6.79. The maximum atomic E-state index is 6.79. The van der Waals surface area contributed by atoms with E-state index < -0.39 is 0 Å². The maximum Gasteiger partial charge on any atom is 0.0753 e. The highest BCUT2D eigenvalue weighted by Crippen LogP contribution is 2.74. The summed E-state index contributed by atoms with van der Waals surface area (Å²) >= 11 is 0. The van der Waals surface area contributed by atoms with E-state index in [9.17, 15) is 0 Å². The van der Waals surface area contributed by atoms with E-state index in [4.69, 9.17) is 7.85 Å². The SMILES string of the molecule is [B]C(C)(C1CC2CCC1(C)C2(C)C)C(C)(C)C. The minimum atomic E-state index is -0.0613. The number of fused-ring (bicyclic) bond motifs is 2. The van der Waals surface area contributed by atoms with Crippen molar-refractivity contribution >= 4 is 7.85 Å². The number of hydrogen-bond acceptors (Lipinski definition) is 0. The Morgan fingerprint density at radius 3 is 1.88 bits per heavy atom. The molecule has 17 heavy (non-hydrogen) atoms. The molecule has 0 nitrogen and oxygen atoms in total. The van der Waals surface area contributed by atoms with Crippen molar-refractivity contribution in [3.05, 3.63) is 0 Å². The summed E-state index contributed by atoms with van der Waals surface area (Å²) < 4.78 is 0. The van der Waals surface area contributed by atoms with Crippen molar-refractivity contribution in [3.63, 3.8) is 0 Å². The lowest BCUT2D eigenvalue weighted by Gasteiger charge is -2.53. The van der Waals surface area contributed by atoms with Crippen molar-refractivity contribution < 1.29 is 0 Å². The standard InChI is InChI=1S/C16H29B/c1-13(2,3)16(7,17)12-10-11-8-9-15(12,6)14(11,4)5/h11-12H,8-10H2,1-7H3. The first-order chi connectivity index (χ1) is 7.44. The van der Waals surface area contributed by atoms with Gasteiger partial charge in [0.05, 0.1) is 7.85 Å². The molecule has 2 aliphatic carbocycles. The van der Waals surface area contributed by atoms with Crippen LogP contribution in [0.15, 0.2) is 0 Å². The second-order valence-electron chi connectivity index (χ2n) is 8.70. The predicted molar refractivity (Wildman–Crippen MR) is 76.3 cm³/mol. The summed E-state index contributed by atoms with van der Waals surface area (Å²) in [6.07, 6.45) is 4.13. The quantitative estimate of drug-likeness (QED) is 0.567. The Morgan fingerprint density at radius 2 is 1.59 bits per heavy atom. The van der Waals surface area contributed by atoms with Gasteiger partial charge in [-0.25, -0.2) is 0 Å². The molecule has 96 valence electrons. The Labute approximate surface area is 109 Å². The monoisotopic (exact) mass is 232 g/mol. The van der Waals surface area contributed by atoms with Crippen LogP contribution in [0.2, 0.25) is 5.31 Å². The van der Waals surface area contributed by atoms with Gasteiger partial charge in [0.1, 0.15) is 0 Å². The van der Waals surface area contributed by atoms with E-state index in [-0.39, 0.29) is 10.7 Å². The van der Waals surface area contributed by atoms with E-state index in [0.717, 1.165) is 5.92 Å². The highest BCUT2D eigenvalue weighted by Gasteiger charge is 2.65. The lowest BCUT2D eigenvalue weighted by Crippen LogP contribution is -2.43. The van der Waals surface area contributed by atoms with Crippen LogP contribution >= 0.6 is 0 Å². The molecule has 0 heterocycles. The summed E-state index contributed by atoms with van der Waals surface area (Å²) in [5, 5.41) is -0.0613. The van der Waals surface area contributed by atoms with E-state index in [2.05, 4.69) is 48.5 Å². The van der Waals surface area contributed by atoms with Crippen LogP contribution in [0, 0.1) is 28.1 Å². The van der Waals surface area contributed by atoms with Crippen molar-refractivity contribution in [2.45, 2.75) is 73.0 Å². The first-order valence-corrected chi connectivity index (χ1v) is 7.23. The minimum Gasteiger partial charge on any atom is -0.0669 e. The molecular formula is C16H29B. The van der Waals surface area contributed by atoms with Crippen LogP contribution in [0.4, 0.5) is 0 Å². The molecule has 0 saturated heterocycles. The Balaban J connectivity index is 2.39. The second-order valence-corrected chi connectivity index (χ2v) is 8.70. The van der Waals surface area contributed by atoms with Crippen molar-refractivity contribution in [2.24, 2.45) is 28.1 Å². The molecule has 0 aromatic carbocycles. The summed E-state index contributed by atoms with van der Waals surface area (Å²) in [6, 6.07) is 0. The largest absolute Gasteiger partial charge is 0.0753 e. The van der Waals surface area contributed by atoms with Gasteiger partial charge in [0, 0.05) is 0 Å². The van der Waals surface area contributed by atoms with Gasteiger partial charge in [0.25, 0.3) is 0 Å². The summed E-state index contributed by atoms with van der Waals surface area (Å²) in [5.74, 6) is 1.56. The van der Waals surface area contributed by atoms with Crippen molar-refractivity contribution in [1.29, 1.82) is 0 Å². The predicted octanol–water partition coefficient (Wildman–Crippen LogP) is 4.84. The zero-order valence-electron chi connectivity index (χ0n) is 12.9. The van der Waals surface area contributed by atoms with Crippen LogP contribution in [0.3, 0.4) is 0 Å². The van der Waals surface area contributed by atoms with E-state index in [1.807, 2.05) is 0 Å². The Morgan fingerprint density at radius 1 is 1.06 bits per heavy atom. The topological polar surface area (TPSA) is 0 Å². The zero-order valence-corrected chi connectivity index (χ0v) is 12.9. The molecule has 2 bridgehead atoms. The summed E-state index contributed by atoms with van der Waals surface area (Å²) in [5.41, 5.74) is 1.10. The number of hydrogen-bond donors (Lipinski definition) is 0. The molecule has 2 radical (unpaired) electrons. The van der Waals surface area contributed by atoms with Gasteiger partial charge >= 0.3 is 0 Å². The van der Waals surface area contributed by atoms with Crippen LogP contribution in [0.5, 0.6) is 0 Å². The van der Waals surface area contributed by atoms with E-state index >= 15 is 0 Å². The van der Waals surface area contributed by atoms with Crippen molar-refractivity contribution in [2.75, 3.05) is 0 Å². The van der Waals surface area contributed by atoms with Gasteiger partial charge in [-0.1, -0.05) is 53.8 Å². The zero-order chi connectivity index (χ0) is 13.3. The van der Waals surface area contributed by atoms with Crippen LogP contribution in [0.1, 0.15) is 67.7 Å². The third-order valence-electron chi connectivity index (χ3n) is 7.13. The Bertz CT molecular complexity index is 321. The van der Waals surface area contributed by atoms with E-state index in [1.54, 1.807) is 0 Å². The van der Waals surface area contributed by atoms with Gasteiger partial charge in [0.2, 0.25) is 0 Å². The molecule has 0 aliphatic heterocycles. The van der Waals surface area contributed by atoms with Gasteiger partial charge in [-0.05, 0) is 47.3 Å². The third kappa shape index (κ3) is 1.50. The molecule has 4 atom stereocenters. The Kier molecular flexibility index (Phi) is 2.65. The average Bonchev–Trinajstić information content (AvgIpc) is 2.46. The smallest absolute Gasteiger partial charge is 0.0669 e. The molecule has 4 unspecified atom stereocenters. The van der Waals surface area contributed by atoms with Crippen LogP contribution in [-0.2, 0) is 0 Å². The van der Waals surface area contributed by atoms with Crippen LogP contribution < -0.4 is 0 Å². The number of rotatable bonds is 1. The normalized spacial score (nSPS) is 43.7. The van der Waals surface area contributed by atoms with Crippen LogP contribution in [0.25, 0.3) is 0 Å². The average molecular weight is 232 g/mol. The molecule has 2 aliphatic rings. The molecule has 0 amide bonds. The summed E-state index contributed by atoms with van der Waals surface area (Å²) in [4.78, 5) is 0. The highest BCUT2D eigenvalue weighted by molar-refractivity contribution is 6.15. The van der Waals surface area contributed by atoms with Crippen LogP contribution in [-0.4, -0.2) is 7.85 Å². The van der Waals surface area contributed by atoms with Gasteiger partial charge < -0.3 is 0 Å². The van der Waals surface area contributed by atoms with Crippen molar-refractivity contribution in [3.8, 4) is 0 Å². The molecule has 0 N–H and O–H groups in total. The second kappa shape index (κ2) is 3.33. The summed E-state index contributed by atoms with van der Waals surface area (Å²) in [7, 11) is 6.79. The fourth-order valence-corrected chi connectivity index (χ4v) is 4.63. The summed E-state index contributed by atoms with van der Waals surface area (Å²) in [6.45, 7) is 16.6. The van der Waals surface area contributed by atoms with Gasteiger partial charge in [0.15, 0.2) is 0 Å². The molecule has 0 aromatic rings. The highest BCUT2D eigenvalue weighted by atomic mass is 14.7. The molecule has 2 saturated carbocycles. The van der Waals surface area contributed by atoms with E-state index in [0.29, 0.717) is 16.7 Å². The molecule has 0 spiro atoms. The lowest BCUT2D eigenvalue weighted by atomic mass is 9.44. The fourth-order valence-electron chi connectivity index (χ4n) is 4.63. The molecule has 1 heteroatoms. The minimum absolute atomic E-state index is 0.0613. The molecule has 0 aromatic heterocycles. The van der Waals surface area contributed by atoms with Gasteiger partial charge in [-0.15, -0.1) is 0 Å². The van der Waals surface area contributed by atoms with E-state index in [1.165, 1.54) is 19.3 Å². The third-order valence-corrected chi connectivity index (χ3v) is 7.13. The lowest BCUT2D eigenvalue weighted by molar-refractivity contribution is 0.0419. The first kappa shape index (κ1) is 13.5.